The van der Waals surface area contributed by atoms with Crippen molar-refractivity contribution in [1.29, 1.82) is 10.5 Å². The Labute approximate surface area is 467 Å². The number of hydrogen-bond acceptors (Lipinski definition) is 2. The maximum absolute atomic E-state index is 10.2. The van der Waals surface area contributed by atoms with Gasteiger partial charge in [0, 0.05) is 55.3 Å². The van der Waals surface area contributed by atoms with Crippen molar-refractivity contribution in [2.75, 3.05) is 0 Å². The first-order valence-corrected chi connectivity index (χ1v) is 26.3. The van der Waals surface area contributed by atoms with Gasteiger partial charge in [-0.05, 0) is 149 Å². The lowest BCUT2D eigenvalue weighted by Gasteiger charge is -2.18. The average molecular weight is 1020 g/mol. The van der Waals surface area contributed by atoms with Gasteiger partial charge in [-0.2, -0.15) is 10.5 Å². The van der Waals surface area contributed by atoms with E-state index in [0.717, 1.165) is 109 Å². The van der Waals surface area contributed by atoms with Crippen molar-refractivity contribution >= 4 is 76.0 Å². The summed E-state index contributed by atoms with van der Waals surface area (Å²) in [5.41, 5.74) is 11.8. The second kappa shape index (κ2) is 20.8. The molecular formula is C76H48N4. The van der Waals surface area contributed by atoms with Gasteiger partial charge in [-0.25, -0.2) is 9.69 Å². The Morgan fingerprint density at radius 2 is 0.562 bits per heavy atom. The van der Waals surface area contributed by atoms with Crippen LogP contribution in [0, 0.1) is 83.2 Å². The summed E-state index contributed by atoms with van der Waals surface area (Å²) >= 11 is 0. The molecule has 0 aliphatic carbocycles. The van der Waals surface area contributed by atoms with Gasteiger partial charge < -0.3 is 0 Å². The van der Waals surface area contributed by atoms with Crippen LogP contribution in [0.4, 0.5) is 11.4 Å². The van der Waals surface area contributed by atoms with Crippen LogP contribution in [0.1, 0.15) is 108 Å². The van der Waals surface area contributed by atoms with Crippen LogP contribution in [-0.2, 0) is 10.8 Å². The number of hydrogen-bond donors (Lipinski definition) is 0. The zero-order valence-corrected chi connectivity index (χ0v) is 45.1. The molecule has 0 aliphatic rings. The maximum Gasteiger partial charge on any atom is 0.196 e. The smallest absolute Gasteiger partial charge is 0.196 e. The Hall–Kier alpha value is -11.1. The Kier molecular flexibility index (Phi) is 13.3. The Morgan fingerprint density at radius 1 is 0.300 bits per heavy atom. The van der Waals surface area contributed by atoms with Gasteiger partial charge in [-0.1, -0.05) is 198 Å². The molecular weight excluding hydrogens is 969 g/mol. The molecule has 372 valence electrons. The highest BCUT2D eigenvalue weighted by atomic mass is 14.6. The minimum absolute atomic E-state index is 0.0734. The van der Waals surface area contributed by atoms with E-state index < -0.39 is 0 Å². The SMILES string of the molecule is [C-]#[N+]c1cc(C#Cc2ccc(C(C)(C)C)cc2)c2ccc3c(C#N)cc(C#Cc4ccc(C(C)(C)C)cc4)c4ccc1c2c34.[C-]#[N+]c1cc(C#Cc2ccccc2)c2ccc3c(C#N)cc(C#Cc4ccccc4)c4ccc1c2c34. The molecule has 0 spiro atoms. The molecule has 0 heterocycles. The van der Waals surface area contributed by atoms with Gasteiger partial charge in [-0.15, -0.1) is 0 Å². The van der Waals surface area contributed by atoms with Gasteiger partial charge in [0.05, 0.1) is 36.4 Å². The van der Waals surface area contributed by atoms with Gasteiger partial charge in [0.25, 0.3) is 0 Å². The van der Waals surface area contributed by atoms with Crippen molar-refractivity contribution in [3.8, 4) is 59.5 Å². The summed E-state index contributed by atoms with van der Waals surface area (Å²) in [5.74, 6) is 26.4. The van der Waals surface area contributed by atoms with Crippen LogP contribution in [-0.4, -0.2) is 0 Å². The number of benzene rings is 12. The summed E-state index contributed by atoms with van der Waals surface area (Å²) in [4.78, 5) is 7.71. The standard InChI is InChI=1S/C42H32N2.C34H16N2/c1-41(2,3)32-16-10-27(11-17-32)8-14-29-24-31(26-43)36-21-20-35-30(15-9-28-12-18-33(19-13-28)42(4,5)6)25-38(44-7)37-23-22-34(29)39(36)40(35)37;1-36-32-21-26(15-13-24-10-6-3-7-11-24)29-16-17-30-27(22-35)20-25(14-12-23-8-4-2-5-9-23)28-18-19-31(32)34(29)33(28)30/h10-13,16-25H,1-6H3;2-11,16-21H. The van der Waals surface area contributed by atoms with Crippen LogP contribution in [0.5, 0.6) is 0 Å². The van der Waals surface area contributed by atoms with Crippen LogP contribution >= 0.6 is 0 Å². The van der Waals surface area contributed by atoms with E-state index in [0.29, 0.717) is 22.5 Å². The molecule has 0 N–H and O–H groups in total. The Balaban J connectivity index is 0.000000172. The molecule has 0 bridgehead atoms. The monoisotopic (exact) mass is 1020 g/mol. The van der Waals surface area contributed by atoms with Crippen molar-refractivity contribution in [3.63, 3.8) is 0 Å². The fourth-order valence-electron chi connectivity index (χ4n) is 10.4. The largest absolute Gasteiger partial charge is 0.237 e. The van der Waals surface area contributed by atoms with Gasteiger partial charge in [-0.3, -0.25) is 0 Å². The minimum atomic E-state index is 0.0734. The minimum Gasteiger partial charge on any atom is -0.237 e. The van der Waals surface area contributed by atoms with E-state index in [2.05, 4.69) is 159 Å². The van der Waals surface area contributed by atoms with Crippen LogP contribution in [0.2, 0.25) is 0 Å². The highest BCUT2D eigenvalue weighted by Gasteiger charge is 2.20. The number of rotatable bonds is 0. The predicted octanol–water partition coefficient (Wildman–Crippen LogP) is 18.2. The van der Waals surface area contributed by atoms with E-state index in [4.69, 9.17) is 13.1 Å². The molecule has 0 unspecified atom stereocenters. The van der Waals surface area contributed by atoms with E-state index in [1.807, 2.05) is 133 Å². The molecule has 12 aromatic rings. The second-order valence-corrected chi connectivity index (χ2v) is 21.8. The molecule has 0 radical (unpaired) electrons. The lowest BCUT2D eigenvalue weighted by molar-refractivity contribution is 0.590. The van der Waals surface area contributed by atoms with E-state index >= 15 is 0 Å². The fourth-order valence-corrected chi connectivity index (χ4v) is 10.4. The lowest BCUT2D eigenvalue weighted by atomic mass is 9.86. The molecule has 12 aromatic carbocycles. The Bertz CT molecular complexity index is 4600. The Morgan fingerprint density at radius 3 is 0.850 bits per heavy atom. The van der Waals surface area contributed by atoms with Gasteiger partial charge >= 0.3 is 0 Å². The topological polar surface area (TPSA) is 56.3 Å². The first kappa shape index (κ1) is 51.0. The van der Waals surface area contributed by atoms with Gasteiger partial charge in [0.15, 0.2) is 11.4 Å². The van der Waals surface area contributed by atoms with Crippen molar-refractivity contribution in [2.24, 2.45) is 0 Å². The highest BCUT2D eigenvalue weighted by Crippen LogP contribution is 2.44. The molecule has 0 saturated heterocycles. The van der Waals surface area contributed by atoms with Crippen molar-refractivity contribution in [3.05, 3.63) is 272 Å². The molecule has 0 amide bonds. The molecule has 0 saturated carbocycles. The van der Waals surface area contributed by atoms with E-state index in [-0.39, 0.29) is 10.8 Å². The van der Waals surface area contributed by atoms with Crippen LogP contribution in [0.15, 0.2) is 182 Å². The third-order valence-corrected chi connectivity index (χ3v) is 14.7. The van der Waals surface area contributed by atoms with E-state index in [1.54, 1.807) is 0 Å². The summed E-state index contributed by atoms with van der Waals surface area (Å²) < 4.78 is 0. The van der Waals surface area contributed by atoms with Crippen LogP contribution < -0.4 is 0 Å². The molecule has 0 fully saturated rings. The molecule has 0 aromatic heterocycles. The van der Waals surface area contributed by atoms with Crippen molar-refractivity contribution in [2.45, 2.75) is 52.4 Å². The van der Waals surface area contributed by atoms with Gasteiger partial charge in [0.2, 0.25) is 0 Å². The number of nitrogens with zero attached hydrogens (tertiary/aromatic N) is 4. The third kappa shape index (κ3) is 9.73. The molecule has 4 nitrogen and oxygen atoms in total. The molecule has 80 heavy (non-hydrogen) atoms. The molecule has 4 heteroatoms. The normalized spacial score (nSPS) is 10.9. The molecule has 12 rings (SSSR count). The third-order valence-electron chi connectivity index (χ3n) is 14.7. The molecule has 0 aliphatic heterocycles. The van der Waals surface area contributed by atoms with E-state index in [1.165, 1.54) is 11.1 Å². The van der Waals surface area contributed by atoms with E-state index in [9.17, 15) is 10.5 Å². The summed E-state index contributed by atoms with van der Waals surface area (Å²) in [6.45, 7) is 29.0. The van der Waals surface area contributed by atoms with Crippen LogP contribution in [0.3, 0.4) is 0 Å². The quantitative estimate of drug-likeness (QED) is 0.0863. The second-order valence-electron chi connectivity index (χ2n) is 21.8. The summed E-state index contributed by atoms with van der Waals surface area (Å²) in [6.07, 6.45) is 0. The van der Waals surface area contributed by atoms with Crippen LogP contribution in [0.25, 0.3) is 74.3 Å². The zero-order valence-electron chi connectivity index (χ0n) is 45.1. The lowest BCUT2D eigenvalue weighted by Crippen LogP contribution is -2.10. The first-order chi connectivity index (χ1) is 38.7. The summed E-state index contributed by atoms with van der Waals surface area (Å²) in [5, 5.41) is 31.3. The highest BCUT2D eigenvalue weighted by molar-refractivity contribution is 6.29. The van der Waals surface area contributed by atoms with Gasteiger partial charge in [0.1, 0.15) is 0 Å². The van der Waals surface area contributed by atoms with Crippen molar-refractivity contribution < 1.29 is 0 Å². The average Bonchev–Trinajstić information content (AvgIpc) is 3.65. The number of nitriles is 2. The summed E-state index contributed by atoms with van der Waals surface area (Å²) in [7, 11) is 0. The first-order valence-electron chi connectivity index (χ1n) is 26.3. The summed E-state index contributed by atoms with van der Waals surface area (Å²) in [6, 6.07) is 64.7. The maximum atomic E-state index is 10.2. The zero-order chi connectivity index (χ0) is 55.7. The fraction of sp³-hybridized carbons (Fsp3) is 0.105. The van der Waals surface area contributed by atoms with Crippen molar-refractivity contribution in [1.82, 2.24) is 0 Å². The predicted molar refractivity (Wildman–Crippen MR) is 329 cm³/mol. The molecule has 0 atom stereocenters.